The van der Waals surface area contributed by atoms with E-state index in [0.29, 0.717) is 23.7 Å². The van der Waals surface area contributed by atoms with Crippen molar-refractivity contribution in [3.05, 3.63) is 0 Å². The lowest BCUT2D eigenvalue weighted by Crippen LogP contribution is -2.60. The van der Waals surface area contributed by atoms with E-state index in [4.69, 9.17) is 4.74 Å². The van der Waals surface area contributed by atoms with Gasteiger partial charge in [-0.2, -0.15) is 26.3 Å². The van der Waals surface area contributed by atoms with Crippen LogP contribution in [0.3, 0.4) is 0 Å². The van der Waals surface area contributed by atoms with Gasteiger partial charge in [0, 0.05) is 6.42 Å². The largest absolute Gasteiger partial charge is 0.426 e. The maximum absolute atomic E-state index is 13.1. The summed E-state index contributed by atoms with van der Waals surface area (Å²) in [6.45, 7) is 15.8. The number of aliphatic hydroxyl groups is 1. The quantitative estimate of drug-likeness (QED) is 0.447. The van der Waals surface area contributed by atoms with Crippen molar-refractivity contribution in [2.24, 2.45) is 40.4 Å². The Kier molecular flexibility index (Phi) is 6.71. The SMILES string of the molecule is CC(C)(CC(O)(C(F)(F)F)C(F)(F)F)OCC1CC2CC1C(C(C)(C)C)C2C(C)(C)C. The Morgan fingerprint density at radius 2 is 1.19 bits per heavy atom. The Hall–Kier alpha value is -0.500. The first kappa shape index (κ1) is 26.7. The normalized spacial score (nSPS) is 30.9. The third-order valence-electron chi connectivity index (χ3n) is 7.45. The van der Waals surface area contributed by atoms with Crippen LogP contribution in [-0.2, 0) is 4.74 Å². The van der Waals surface area contributed by atoms with E-state index in [9.17, 15) is 31.4 Å². The fourth-order valence-corrected chi connectivity index (χ4v) is 6.47. The van der Waals surface area contributed by atoms with Gasteiger partial charge in [-0.1, -0.05) is 41.5 Å². The van der Waals surface area contributed by atoms with Crippen LogP contribution < -0.4 is 0 Å². The molecule has 0 aromatic heterocycles. The number of hydrogen-bond acceptors (Lipinski definition) is 2. The highest BCUT2D eigenvalue weighted by atomic mass is 19.4. The molecule has 0 saturated heterocycles. The zero-order valence-electron chi connectivity index (χ0n) is 19.8. The lowest BCUT2D eigenvalue weighted by molar-refractivity contribution is -0.378. The van der Waals surface area contributed by atoms with Gasteiger partial charge >= 0.3 is 12.4 Å². The van der Waals surface area contributed by atoms with E-state index in [1.807, 2.05) is 0 Å². The average Bonchev–Trinajstić information content (AvgIpc) is 3.07. The van der Waals surface area contributed by atoms with Crippen LogP contribution >= 0.6 is 0 Å². The van der Waals surface area contributed by atoms with Gasteiger partial charge < -0.3 is 9.84 Å². The van der Waals surface area contributed by atoms with Gasteiger partial charge in [-0.05, 0) is 67.1 Å². The zero-order chi connectivity index (χ0) is 24.4. The second kappa shape index (κ2) is 7.78. The van der Waals surface area contributed by atoms with E-state index in [2.05, 4.69) is 41.5 Å². The molecule has 0 amide bonds. The summed E-state index contributed by atoms with van der Waals surface area (Å²) in [6, 6.07) is 0. The molecule has 0 radical (unpaired) electrons. The molecule has 5 atom stereocenters. The molecule has 8 heteroatoms. The lowest BCUT2D eigenvalue weighted by Gasteiger charge is -2.49. The summed E-state index contributed by atoms with van der Waals surface area (Å²) in [6.07, 6.45) is -11.4. The van der Waals surface area contributed by atoms with Gasteiger partial charge in [-0.3, -0.25) is 0 Å². The molecule has 2 aliphatic carbocycles. The molecule has 184 valence electrons. The van der Waals surface area contributed by atoms with Crippen LogP contribution in [0.1, 0.15) is 74.7 Å². The van der Waals surface area contributed by atoms with Gasteiger partial charge in [0.25, 0.3) is 5.60 Å². The molecular weight excluding hydrogens is 422 g/mol. The Balaban J connectivity index is 2.15. The summed E-state index contributed by atoms with van der Waals surface area (Å²) >= 11 is 0. The van der Waals surface area contributed by atoms with E-state index in [-0.39, 0.29) is 23.4 Å². The van der Waals surface area contributed by atoms with Crippen LogP contribution in [0.4, 0.5) is 26.3 Å². The molecule has 2 rings (SSSR count). The molecule has 1 N–H and O–H groups in total. The van der Waals surface area contributed by atoms with Crippen molar-refractivity contribution in [3.8, 4) is 0 Å². The van der Waals surface area contributed by atoms with E-state index in [1.165, 1.54) is 13.8 Å². The first-order valence-electron chi connectivity index (χ1n) is 11.0. The molecule has 2 nitrogen and oxygen atoms in total. The predicted octanol–water partition coefficient (Wildman–Crippen LogP) is 7.01. The number of ether oxygens (including phenoxy) is 1. The fraction of sp³-hybridized carbons (Fsp3) is 1.00. The molecule has 2 bridgehead atoms. The number of rotatable bonds is 5. The van der Waals surface area contributed by atoms with Gasteiger partial charge in [0.15, 0.2) is 0 Å². The van der Waals surface area contributed by atoms with Crippen molar-refractivity contribution in [1.29, 1.82) is 0 Å². The lowest BCUT2D eigenvalue weighted by atomic mass is 9.57. The highest BCUT2D eigenvalue weighted by Crippen LogP contribution is 2.64. The van der Waals surface area contributed by atoms with Crippen molar-refractivity contribution < 1.29 is 36.2 Å². The van der Waals surface area contributed by atoms with Gasteiger partial charge in [-0.25, -0.2) is 0 Å². The Morgan fingerprint density at radius 1 is 0.742 bits per heavy atom. The molecule has 0 aromatic rings. The first-order valence-corrected chi connectivity index (χ1v) is 11.0. The molecule has 0 heterocycles. The fourth-order valence-electron chi connectivity index (χ4n) is 6.47. The minimum atomic E-state index is -5.84. The summed E-state index contributed by atoms with van der Waals surface area (Å²) in [5.74, 6) is 1.83. The third kappa shape index (κ3) is 5.20. The Bertz CT molecular complexity index is 624. The molecule has 0 spiro atoms. The molecule has 2 saturated carbocycles. The number of hydrogen-bond donors (Lipinski definition) is 1. The third-order valence-corrected chi connectivity index (χ3v) is 7.45. The van der Waals surface area contributed by atoms with E-state index in [0.717, 1.165) is 12.8 Å². The van der Waals surface area contributed by atoms with E-state index < -0.39 is 30.0 Å². The minimum absolute atomic E-state index is 0.0401. The van der Waals surface area contributed by atoms with Gasteiger partial charge in [0.05, 0.1) is 12.2 Å². The van der Waals surface area contributed by atoms with Gasteiger partial charge in [0.1, 0.15) is 0 Å². The highest BCUT2D eigenvalue weighted by molar-refractivity contribution is 5.07. The molecule has 0 aromatic carbocycles. The smallest absolute Gasteiger partial charge is 0.375 e. The topological polar surface area (TPSA) is 29.5 Å². The average molecular weight is 461 g/mol. The predicted molar refractivity (Wildman–Crippen MR) is 107 cm³/mol. The second-order valence-electron chi connectivity index (χ2n) is 12.5. The van der Waals surface area contributed by atoms with Crippen molar-refractivity contribution in [1.82, 2.24) is 0 Å². The van der Waals surface area contributed by atoms with Crippen molar-refractivity contribution in [2.75, 3.05) is 6.61 Å². The maximum Gasteiger partial charge on any atom is 0.426 e. The summed E-state index contributed by atoms with van der Waals surface area (Å²) in [4.78, 5) is 0. The van der Waals surface area contributed by atoms with E-state index >= 15 is 0 Å². The molecule has 2 aliphatic rings. The van der Waals surface area contributed by atoms with Gasteiger partial charge in [-0.15, -0.1) is 0 Å². The zero-order valence-corrected chi connectivity index (χ0v) is 19.8. The van der Waals surface area contributed by atoms with Crippen molar-refractivity contribution >= 4 is 0 Å². The minimum Gasteiger partial charge on any atom is -0.375 e. The molecule has 2 fully saturated rings. The standard InChI is InChI=1S/C23H38F6O2/c1-18(2,3)16-13-9-14(15(10-13)17(16)19(4,5)6)11-31-20(7,8)12-21(30,22(24,25)26)23(27,28)29/h13-17,30H,9-12H2,1-8H3. The summed E-state index contributed by atoms with van der Waals surface area (Å²) in [5.41, 5.74) is -6.43. The Morgan fingerprint density at radius 3 is 1.58 bits per heavy atom. The van der Waals surface area contributed by atoms with Crippen LogP contribution in [0.25, 0.3) is 0 Å². The summed E-state index contributed by atoms with van der Waals surface area (Å²) in [7, 11) is 0. The number of alkyl halides is 6. The molecular formula is C23H38F6O2. The van der Waals surface area contributed by atoms with E-state index in [1.54, 1.807) is 0 Å². The maximum atomic E-state index is 13.1. The monoisotopic (exact) mass is 460 g/mol. The number of fused-ring (bicyclic) bond motifs is 2. The number of halogens is 6. The second-order valence-corrected chi connectivity index (χ2v) is 12.5. The molecule has 0 aliphatic heterocycles. The van der Waals surface area contributed by atoms with Crippen LogP contribution in [-0.4, -0.2) is 35.3 Å². The van der Waals surface area contributed by atoms with Gasteiger partial charge in [0.2, 0.25) is 0 Å². The summed E-state index contributed by atoms with van der Waals surface area (Å²) < 4.78 is 84.3. The Labute approximate surface area is 182 Å². The van der Waals surface area contributed by atoms with Crippen molar-refractivity contribution in [2.45, 2.75) is 98.2 Å². The summed E-state index contributed by atoms with van der Waals surface area (Å²) in [5, 5.41) is 9.56. The first-order chi connectivity index (χ1) is 13.5. The van der Waals surface area contributed by atoms with Crippen LogP contribution in [0.5, 0.6) is 0 Å². The van der Waals surface area contributed by atoms with Crippen LogP contribution in [0.15, 0.2) is 0 Å². The molecule has 31 heavy (non-hydrogen) atoms. The van der Waals surface area contributed by atoms with Crippen LogP contribution in [0, 0.1) is 40.4 Å². The molecule has 5 unspecified atom stereocenters. The highest BCUT2D eigenvalue weighted by Gasteiger charge is 2.71. The van der Waals surface area contributed by atoms with Crippen LogP contribution in [0.2, 0.25) is 0 Å². The van der Waals surface area contributed by atoms with Crippen molar-refractivity contribution in [3.63, 3.8) is 0 Å².